The van der Waals surface area contributed by atoms with E-state index < -0.39 is 0 Å². The van der Waals surface area contributed by atoms with E-state index in [1.165, 1.54) is 5.56 Å². The van der Waals surface area contributed by atoms with Crippen molar-refractivity contribution in [3.8, 4) is 0 Å². The molecular weight excluding hydrogens is 258 g/mol. The van der Waals surface area contributed by atoms with Crippen LogP contribution in [0, 0.1) is 5.92 Å². The molecule has 3 heteroatoms. The molecule has 1 aromatic rings. The average molecular weight is 284 g/mol. The molecule has 0 saturated heterocycles. The molecule has 0 aliphatic heterocycles. The van der Waals surface area contributed by atoms with Crippen molar-refractivity contribution in [3.63, 3.8) is 0 Å². The highest BCUT2D eigenvalue weighted by Gasteiger charge is 2.11. The molecule has 0 aliphatic rings. The third-order valence-electron chi connectivity index (χ3n) is 3.00. The summed E-state index contributed by atoms with van der Waals surface area (Å²) in [5.41, 5.74) is 6.68. The highest BCUT2D eigenvalue weighted by molar-refractivity contribution is 6.63. The van der Waals surface area contributed by atoms with E-state index in [4.69, 9.17) is 17.3 Å². The summed E-state index contributed by atoms with van der Waals surface area (Å²) >= 11 is 5.34. The van der Waals surface area contributed by atoms with Crippen LogP contribution < -0.4 is 5.73 Å². The maximum Gasteiger partial charge on any atom is 0.224 e. The fraction of sp³-hybridized carbons (Fsp3) is 0.562. The second-order valence-corrected chi connectivity index (χ2v) is 4.95. The topological polar surface area (TPSA) is 43.1 Å². The third-order valence-corrected chi connectivity index (χ3v) is 3.30. The van der Waals surface area contributed by atoms with Gasteiger partial charge in [-0.1, -0.05) is 57.0 Å². The van der Waals surface area contributed by atoms with E-state index in [2.05, 4.69) is 19.1 Å². The highest BCUT2D eigenvalue weighted by atomic mass is 35.5. The standard InChI is InChI=1S/C8H15ClO.C8H11N/c1-3-5-6-7(4-2)8(9)10;9-7-6-8-4-2-1-3-5-8/h7H,3-6H2,1-2H3;1-5H,6-7,9H2. The van der Waals surface area contributed by atoms with E-state index in [-0.39, 0.29) is 11.2 Å². The molecular formula is C16H26ClNO. The van der Waals surface area contributed by atoms with Gasteiger partial charge in [0.1, 0.15) is 0 Å². The lowest BCUT2D eigenvalue weighted by Crippen LogP contribution is -2.06. The first-order chi connectivity index (χ1) is 9.15. The minimum atomic E-state index is -0.170. The lowest BCUT2D eigenvalue weighted by molar-refractivity contribution is -0.115. The SMILES string of the molecule is CCCCC(CC)C(=O)Cl.NCCc1ccccc1. The molecule has 0 spiro atoms. The Morgan fingerprint density at radius 3 is 2.32 bits per heavy atom. The van der Waals surface area contributed by atoms with E-state index in [1.807, 2.05) is 25.1 Å². The summed E-state index contributed by atoms with van der Waals surface area (Å²) in [4.78, 5) is 10.6. The highest BCUT2D eigenvalue weighted by Crippen LogP contribution is 2.14. The van der Waals surface area contributed by atoms with Crippen molar-refractivity contribution in [1.82, 2.24) is 0 Å². The fourth-order valence-electron chi connectivity index (χ4n) is 1.74. The number of carbonyl (C=O) groups is 1. The number of hydrogen-bond acceptors (Lipinski definition) is 2. The van der Waals surface area contributed by atoms with Crippen LogP contribution in [-0.4, -0.2) is 11.8 Å². The second kappa shape index (κ2) is 12.2. The van der Waals surface area contributed by atoms with Crippen molar-refractivity contribution in [2.24, 2.45) is 11.7 Å². The summed E-state index contributed by atoms with van der Waals surface area (Å²) in [5.74, 6) is 0.0987. The Bertz CT molecular complexity index is 327. The van der Waals surface area contributed by atoms with Crippen molar-refractivity contribution in [1.29, 1.82) is 0 Å². The van der Waals surface area contributed by atoms with Gasteiger partial charge in [-0.3, -0.25) is 4.79 Å². The van der Waals surface area contributed by atoms with Gasteiger partial charge in [-0.25, -0.2) is 0 Å². The smallest absolute Gasteiger partial charge is 0.224 e. The summed E-state index contributed by atoms with van der Waals surface area (Å²) in [7, 11) is 0. The van der Waals surface area contributed by atoms with Gasteiger partial charge in [0.15, 0.2) is 0 Å². The first kappa shape index (κ1) is 18.1. The van der Waals surface area contributed by atoms with Crippen LogP contribution in [0.1, 0.15) is 45.1 Å². The zero-order valence-electron chi connectivity index (χ0n) is 12.1. The van der Waals surface area contributed by atoms with Gasteiger partial charge in [0.05, 0.1) is 0 Å². The van der Waals surface area contributed by atoms with Crippen LogP contribution in [0.4, 0.5) is 0 Å². The normalized spacial score (nSPS) is 11.4. The quantitative estimate of drug-likeness (QED) is 0.764. The van der Waals surface area contributed by atoms with Gasteiger partial charge in [0.25, 0.3) is 0 Å². The molecule has 1 aromatic carbocycles. The Hall–Kier alpha value is -0.860. The van der Waals surface area contributed by atoms with Crippen LogP contribution in [0.15, 0.2) is 30.3 Å². The zero-order chi connectivity index (χ0) is 14.5. The molecule has 0 aromatic heterocycles. The Labute approximate surface area is 122 Å². The van der Waals surface area contributed by atoms with Gasteiger partial charge < -0.3 is 5.73 Å². The van der Waals surface area contributed by atoms with Crippen molar-refractivity contribution in [2.75, 3.05) is 6.54 Å². The summed E-state index contributed by atoms with van der Waals surface area (Å²) < 4.78 is 0. The van der Waals surface area contributed by atoms with Crippen LogP contribution in [0.5, 0.6) is 0 Å². The molecule has 108 valence electrons. The third kappa shape index (κ3) is 9.69. The molecule has 0 radical (unpaired) electrons. The van der Waals surface area contributed by atoms with Crippen molar-refractivity contribution < 1.29 is 4.79 Å². The molecule has 1 rings (SSSR count). The maximum absolute atomic E-state index is 10.6. The molecule has 2 nitrogen and oxygen atoms in total. The Morgan fingerprint density at radius 1 is 1.26 bits per heavy atom. The Kier molecular flexibility index (Phi) is 11.6. The lowest BCUT2D eigenvalue weighted by Gasteiger charge is -2.06. The number of hydrogen-bond donors (Lipinski definition) is 1. The van der Waals surface area contributed by atoms with Gasteiger partial charge >= 0.3 is 0 Å². The van der Waals surface area contributed by atoms with Crippen molar-refractivity contribution in [3.05, 3.63) is 35.9 Å². The Balaban J connectivity index is 0.000000342. The van der Waals surface area contributed by atoms with E-state index >= 15 is 0 Å². The summed E-state index contributed by atoms with van der Waals surface area (Å²) in [6.07, 6.45) is 5.07. The fourth-order valence-corrected chi connectivity index (χ4v) is 2.00. The minimum Gasteiger partial charge on any atom is -0.330 e. The van der Waals surface area contributed by atoms with Gasteiger partial charge in [-0.15, -0.1) is 0 Å². The summed E-state index contributed by atoms with van der Waals surface area (Å²) in [5, 5.41) is -0.170. The largest absolute Gasteiger partial charge is 0.330 e. The van der Waals surface area contributed by atoms with Crippen LogP contribution >= 0.6 is 11.6 Å². The predicted octanol–water partition coefficient (Wildman–Crippen LogP) is 4.16. The van der Waals surface area contributed by atoms with E-state index in [0.717, 1.165) is 38.6 Å². The second-order valence-electron chi connectivity index (χ2n) is 4.58. The van der Waals surface area contributed by atoms with Crippen molar-refractivity contribution in [2.45, 2.75) is 46.0 Å². The number of halogens is 1. The zero-order valence-corrected chi connectivity index (χ0v) is 12.8. The summed E-state index contributed by atoms with van der Waals surface area (Å²) in [6.45, 7) is 4.86. The van der Waals surface area contributed by atoms with Gasteiger partial charge in [0.2, 0.25) is 5.24 Å². The van der Waals surface area contributed by atoms with Gasteiger partial charge in [-0.2, -0.15) is 0 Å². The molecule has 0 heterocycles. The Morgan fingerprint density at radius 2 is 1.89 bits per heavy atom. The molecule has 19 heavy (non-hydrogen) atoms. The molecule has 1 atom stereocenters. The molecule has 0 bridgehead atoms. The molecule has 0 saturated carbocycles. The van der Waals surface area contributed by atoms with E-state index in [1.54, 1.807) is 0 Å². The monoisotopic (exact) mass is 283 g/mol. The lowest BCUT2D eigenvalue weighted by atomic mass is 10.0. The number of rotatable bonds is 7. The van der Waals surface area contributed by atoms with Crippen LogP contribution in [0.2, 0.25) is 0 Å². The first-order valence-electron chi connectivity index (χ1n) is 7.08. The number of carbonyl (C=O) groups excluding carboxylic acids is 1. The molecule has 0 aliphatic carbocycles. The predicted molar refractivity (Wildman–Crippen MR) is 83.4 cm³/mol. The van der Waals surface area contributed by atoms with Crippen LogP contribution in [0.25, 0.3) is 0 Å². The first-order valence-corrected chi connectivity index (χ1v) is 7.46. The average Bonchev–Trinajstić information content (AvgIpc) is 2.41. The maximum atomic E-state index is 10.6. The number of benzene rings is 1. The van der Waals surface area contributed by atoms with Crippen LogP contribution in [-0.2, 0) is 11.2 Å². The van der Waals surface area contributed by atoms with Gasteiger partial charge in [-0.05, 0) is 43.0 Å². The number of nitrogens with two attached hydrogens (primary N) is 1. The van der Waals surface area contributed by atoms with Gasteiger partial charge in [0, 0.05) is 5.92 Å². The van der Waals surface area contributed by atoms with E-state index in [0.29, 0.717) is 0 Å². The molecule has 2 N–H and O–H groups in total. The molecule has 0 amide bonds. The molecule has 0 fully saturated rings. The van der Waals surface area contributed by atoms with Crippen molar-refractivity contribution >= 4 is 16.8 Å². The van der Waals surface area contributed by atoms with Crippen LogP contribution in [0.3, 0.4) is 0 Å². The summed E-state index contributed by atoms with van der Waals surface area (Å²) in [6, 6.07) is 10.3. The molecule has 1 unspecified atom stereocenters. The number of unbranched alkanes of at least 4 members (excludes halogenated alkanes) is 1. The van der Waals surface area contributed by atoms with E-state index in [9.17, 15) is 4.79 Å². The minimum absolute atomic E-state index is 0.0987.